The molecule has 0 aliphatic heterocycles. The van der Waals surface area contributed by atoms with Crippen LogP contribution in [0.1, 0.15) is 32.4 Å². The Balaban J connectivity index is 2.22. The first-order chi connectivity index (χ1) is 8.63. The zero-order valence-electron chi connectivity index (χ0n) is 11.2. The molecule has 2 unspecified atom stereocenters. The van der Waals surface area contributed by atoms with Gasteiger partial charge in [-0.1, -0.05) is 44.5 Å². The van der Waals surface area contributed by atoms with Crippen LogP contribution in [0.2, 0.25) is 5.02 Å². The van der Waals surface area contributed by atoms with Gasteiger partial charge < -0.3 is 9.73 Å². The highest BCUT2D eigenvalue weighted by Gasteiger charge is 2.18. The molecule has 0 radical (unpaired) electrons. The van der Waals surface area contributed by atoms with Gasteiger partial charge in [-0.25, -0.2) is 0 Å². The van der Waals surface area contributed by atoms with Gasteiger partial charge in [0.1, 0.15) is 5.76 Å². The summed E-state index contributed by atoms with van der Waals surface area (Å²) in [5, 5.41) is 5.14. The normalized spacial score (nSPS) is 14.9. The second-order valence-electron chi connectivity index (χ2n) is 4.88. The van der Waals surface area contributed by atoms with Crippen LogP contribution in [0.25, 0.3) is 11.0 Å². The molecular weight excluding hydrogens is 246 g/mol. The Morgan fingerprint density at radius 2 is 2.11 bits per heavy atom. The molecule has 2 nitrogen and oxygen atoms in total. The van der Waals surface area contributed by atoms with E-state index in [9.17, 15) is 0 Å². The van der Waals surface area contributed by atoms with Crippen LogP contribution in [-0.4, -0.2) is 13.1 Å². The van der Waals surface area contributed by atoms with Crippen LogP contribution in [-0.2, 0) is 0 Å². The van der Waals surface area contributed by atoms with Gasteiger partial charge in [-0.2, -0.15) is 0 Å². The number of rotatable bonds is 5. The van der Waals surface area contributed by atoms with Gasteiger partial charge in [-0.15, -0.1) is 0 Å². The summed E-state index contributed by atoms with van der Waals surface area (Å²) < 4.78 is 5.90. The minimum absolute atomic E-state index is 0.382. The van der Waals surface area contributed by atoms with Gasteiger partial charge in [0.25, 0.3) is 0 Å². The third-order valence-electron chi connectivity index (χ3n) is 3.53. The quantitative estimate of drug-likeness (QED) is 0.865. The van der Waals surface area contributed by atoms with Crippen LogP contribution in [0.4, 0.5) is 0 Å². The average Bonchev–Trinajstić information content (AvgIpc) is 2.80. The molecule has 0 bridgehead atoms. The maximum absolute atomic E-state index is 6.13. The van der Waals surface area contributed by atoms with E-state index in [4.69, 9.17) is 16.0 Å². The first-order valence-electron chi connectivity index (χ1n) is 6.52. The molecule has 1 aromatic carbocycles. The van der Waals surface area contributed by atoms with E-state index >= 15 is 0 Å². The molecule has 2 atom stereocenters. The number of para-hydroxylation sites is 1. The molecule has 0 spiro atoms. The maximum atomic E-state index is 6.13. The third kappa shape index (κ3) is 2.70. The Bertz CT molecular complexity index is 520. The lowest BCUT2D eigenvalue weighted by Crippen LogP contribution is -2.23. The summed E-state index contributed by atoms with van der Waals surface area (Å²) in [5.74, 6) is 1.93. The van der Waals surface area contributed by atoms with Gasteiger partial charge in [-0.3, -0.25) is 0 Å². The fourth-order valence-electron chi connectivity index (χ4n) is 2.10. The number of fused-ring (bicyclic) bond motifs is 1. The summed E-state index contributed by atoms with van der Waals surface area (Å²) in [6.07, 6.45) is 0. The minimum atomic E-state index is 0.382. The van der Waals surface area contributed by atoms with Crippen molar-refractivity contribution in [3.8, 4) is 0 Å². The Hall–Kier alpha value is -0.990. The van der Waals surface area contributed by atoms with Gasteiger partial charge in [0.15, 0.2) is 5.58 Å². The van der Waals surface area contributed by atoms with Crippen molar-refractivity contribution >= 4 is 22.6 Å². The first kappa shape index (κ1) is 13.4. The van der Waals surface area contributed by atoms with Crippen LogP contribution in [0.5, 0.6) is 0 Å². The molecule has 2 rings (SSSR count). The lowest BCUT2D eigenvalue weighted by Gasteiger charge is -2.17. The lowest BCUT2D eigenvalue weighted by atomic mass is 9.93. The van der Waals surface area contributed by atoms with Crippen molar-refractivity contribution in [2.24, 2.45) is 5.92 Å². The monoisotopic (exact) mass is 265 g/mol. The fourth-order valence-corrected chi connectivity index (χ4v) is 2.32. The van der Waals surface area contributed by atoms with E-state index in [0.29, 0.717) is 16.9 Å². The van der Waals surface area contributed by atoms with Crippen LogP contribution in [0, 0.1) is 5.92 Å². The van der Waals surface area contributed by atoms with E-state index in [-0.39, 0.29) is 0 Å². The molecule has 0 aliphatic rings. The van der Waals surface area contributed by atoms with E-state index in [1.54, 1.807) is 0 Å². The molecule has 18 heavy (non-hydrogen) atoms. The van der Waals surface area contributed by atoms with Crippen LogP contribution >= 0.6 is 11.6 Å². The highest BCUT2D eigenvalue weighted by atomic mass is 35.5. The largest absolute Gasteiger partial charge is 0.459 e. The van der Waals surface area contributed by atoms with Crippen LogP contribution in [0.3, 0.4) is 0 Å². The van der Waals surface area contributed by atoms with Crippen molar-refractivity contribution in [3.05, 3.63) is 35.0 Å². The molecule has 0 saturated heterocycles. The van der Waals surface area contributed by atoms with E-state index < -0.39 is 0 Å². The molecule has 98 valence electrons. The standard InChI is InChI=1S/C15H20ClNO/c1-4-17-9-10(2)11(3)14-8-12-6-5-7-13(16)15(12)18-14/h5-8,10-11,17H,4,9H2,1-3H3. The van der Waals surface area contributed by atoms with Crippen LogP contribution < -0.4 is 5.32 Å². The number of nitrogens with one attached hydrogen (secondary N) is 1. The summed E-state index contributed by atoms with van der Waals surface area (Å²) >= 11 is 6.13. The third-order valence-corrected chi connectivity index (χ3v) is 3.83. The number of halogens is 1. The van der Waals surface area contributed by atoms with Crippen molar-refractivity contribution in [2.75, 3.05) is 13.1 Å². The summed E-state index contributed by atoms with van der Waals surface area (Å²) in [6, 6.07) is 7.96. The van der Waals surface area contributed by atoms with Gasteiger partial charge in [-0.05, 0) is 31.1 Å². The van der Waals surface area contributed by atoms with Crippen molar-refractivity contribution < 1.29 is 4.42 Å². The van der Waals surface area contributed by atoms with E-state index in [1.165, 1.54) is 0 Å². The van der Waals surface area contributed by atoms with Gasteiger partial charge in [0, 0.05) is 11.3 Å². The summed E-state index contributed by atoms with van der Waals surface area (Å²) in [6.45, 7) is 8.57. The second-order valence-corrected chi connectivity index (χ2v) is 5.29. The summed E-state index contributed by atoms with van der Waals surface area (Å²) in [7, 11) is 0. The molecule has 0 fully saturated rings. The van der Waals surface area contributed by atoms with Crippen molar-refractivity contribution in [1.82, 2.24) is 5.32 Å². The topological polar surface area (TPSA) is 25.2 Å². The first-order valence-corrected chi connectivity index (χ1v) is 6.90. The van der Waals surface area contributed by atoms with Crippen LogP contribution in [0.15, 0.2) is 28.7 Å². The Labute approximate surface area is 113 Å². The molecule has 2 aromatic rings. The molecule has 1 aromatic heterocycles. The highest BCUT2D eigenvalue weighted by molar-refractivity contribution is 6.34. The zero-order valence-corrected chi connectivity index (χ0v) is 11.9. The maximum Gasteiger partial charge on any atom is 0.152 e. The molecule has 3 heteroatoms. The SMILES string of the molecule is CCNCC(C)C(C)c1cc2cccc(Cl)c2o1. The van der Waals surface area contributed by atoms with Crippen molar-refractivity contribution in [3.63, 3.8) is 0 Å². The Morgan fingerprint density at radius 3 is 2.78 bits per heavy atom. The molecule has 0 aliphatic carbocycles. The Kier molecular flexibility index (Phi) is 4.31. The number of benzene rings is 1. The summed E-state index contributed by atoms with van der Waals surface area (Å²) in [4.78, 5) is 0. The fraction of sp³-hybridized carbons (Fsp3) is 0.467. The smallest absolute Gasteiger partial charge is 0.152 e. The molecular formula is C15H20ClNO. The van der Waals surface area contributed by atoms with Crippen molar-refractivity contribution in [1.29, 1.82) is 0 Å². The Morgan fingerprint density at radius 1 is 1.33 bits per heavy atom. The van der Waals surface area contributed by atoms with Crippen molar-refractivity contribution in [2.45, 2.75) is 26.7 Å². The van der Waals surface area contributed by atoms with Gasteiger partial charge >= 0.3 is 0 Å². The predicted molar refractivity (Wildman–Crippen MR) is 77.3 cm³/mol. The summed E-state index contributed by atoms with van der Waals surface area (Å²) in [5.41, 5.74) is 0.802. The second kappa shape index (κ2) is 5.77. The molecule has 0 saturated carbocycles. The van der Waals surface area contributed by atoms with Gasteiger partial charge in [0.2, 0.25) is 0 Å². The van der Waals surface area contributed by atoms with Gasteiger partial charge in [0.05, 0.1) is 5.02 Å². The van der Waals surface area contributed by atoms with E-state index in [1.807, 2.05) is 18.2 Å². The zero-order chi connectivity index (χ0) is 13.1. The number of hydrogen-bond acceptors (Lipinski definition) is 2. The number of hydrogen-bond donors (Lipinski definition) is 1. The van der Waals surface area contributed by atoms with E-state index in [2.05, 4.69) is 32.2 Å². The minimum Gasteiger partial charge on any atom is -0.459 e. The number of furan rings is 1. The average molecular weight is 266 g/mol. The molecule has 1 heterocycles. The molecule has 0 amide bonds. The lowest BCUT2D eigenvalue weighted by molar-refractivity contribution is 0.394. The molecule has 1 N–H and O–H groups in total. The highest BCUT2D eigenvalue weighted by Crippen LogP contribution is 2.32. The van der Waals surface area contributed by atoms with E-state index in [0.717, 1.165) is 29.8 Å². The predicted octanol–water partition coefficient (Wildman–Crippen LogP) is 4.44.